The molecule has 0 radical (unpaired) electrons. The Kier molecular flexibility index (Phi) is 6.70. The number of nitrogens with two attached hydrogens (primary N) is 2. The molecule has 0 aliphatic carbocycles. The predicted molar refractivity (Wildman–Crippen MR) is 57.1 cm³/mol. The minimum atomic E-state index is -0.991. The van der Waals surface area contributed by atoms with Crippen LogP contribution in [0.2, 0.25) is 0 Å². The highest BCUT2D eigenvalue weighted by Crippen LogP contribution is 2.18. The zero-order valence-electron chi connectivity index (χ0n) is 9.11. The summed E-state index contributed by atoms with van der Waals surface area (Å²) in [5, 5.41) is 8.66. The summed E-state index contributed by atoms with van der Waals surface area (Å²) in [5.41, 5.74) is 10.5. The van der Waals surface area contributed by atoms with Gasteiger partial charge in [-0.05, 0) is 18.8 Å². The molecule has 0 heterocycles. The summed E-state index contributed by atoms with van der Waals surface area (Å²) in [5.74, 6) is -1.16. The number of carbonyl (C=O) groups is 2. The second-order valence-electron chi connectivity index (χ2n) is 3.84. The number of primary amides is 1. The van der Waals surface area contributed by atoms with Crippen molar-refractivity contribution >= 4 is 11.9 Å². The second kappa shape index (κ2) is 7.23. The van der Waals surface area contributed by atoms with Crippen LogP contribution in [0.3, 0.4) is 0 Å². The first-order valence-corrected chi connectivity index (χ1v) is 5.24. The van der Waals surface area contributed by atoms with Gasteiger partial charge < -0.3 is 16.6 Å². The first-order chi connectivity index (χ1) is 6.97. The molecule has 0 spiro atoms. The van der Waals surface area contributed by atoms with Gasteiger partial charge in [-0.2, -0.15) is 0 Å². The molecule has 0 aliphatic rings. The second-order valence-corrected chi connectivity index (χ2v) is 3.84. The van der Waals surface area contributed by atoms with E-state index in [0.29, 0.717) is 19.3 Å². The molecular formula is C10H20N2O3. The van der Waals surface area contributed by atoms with Crippen LogP contribution >= 0.6 is 0 Å². The Morgan fingerprint density at radius 3 is 2.33 bits per heavy atom. The Labute approximate surface area is 89.8 Å². The number of carboxylic acid groups (broad SMARTS) is 1. The Balaban J connectivity index is 4.02. The topological polar surface area (TPSA) is 106 Å². The average molecular weight is 216 g/mol. The van der Waals surface area contributed by atoms with Crippen LogP contribution in [0.25, 0.3) is 0 Å². The molecule has 88 valence electrons. The van der Waals surface area contributed by atoms with Crippen molar-refractivity contribution in [3.05, 3.63) is 0 Å². The number of amides is 1. The maximum absolute atomic E-state index is 10.6. The van der Waals surface area contributed by atoms with E-state index in [1.54, 1.807) is 0 Å². The molecule has 2 atom stereocenters. The molecule has 5 heteroatoms. The molecule has 0 rings (SSSR count). The fourth-order valence-electron chi connectivity index (χ4n) is 1.59. The molecule has 0 aromatic rings. The van der Waals surface area contributed by atoms with Gasteiger partial charge in [0.05, 0.1) is 0 Å². The summed E-state index contributed by atoms with van der Waals surface area (Å²) in [6, 6.07) is -0.838. The molecule has 0 aromatic heterocycles. The third-order valence-electron chi connectivity index (χ3n) is 2.40. The first-order valence-electron chi connectivity index (χ1n) is 5.24. The van der Waals surface area contributed by atoms with Crippen molar-refractivity contribution in [1.82, 2.24) is 0 Å². The van der Waals surface area contributed by atoms with Crippen LogP contribution in [0, 0.1) is 5.92 Å². The fraction of sp³-hybridized carbons (Fsp3) is 0.800. The van der Waals surface area contributed by atoms with E-state index in [9.17, 15) is 9.59 Å². The number of hydrogen-bond acceptors (Lipinski definition) is 3. The summed E-state index contributed by atoms with van der Waals surface area (Å²) in [6.07, 6.45) is 3.18. The van der Waals surface area contributed by atoms with Crippen LogP contribution in [-0.2, 0) is 9.59 Å². The van der Waals surface area contributed by atoms with E-state index in [1.807, 2.05) is 6.92 Å². The smallest absolute Gasteiger partial charge is 0.320 e. The Bertz CT molecular complexity index is 219. The number of rotatable bonds is 8. The third-order valence-corrected chi connectivity index (χ3v) is 2.40. The zero-order chi connectivity index (χ0) is 11.8. The quantitative estimate of drug-likeness (QED) is 0.548. The molecule has 0 saturated heterocycles. The van der Waals surface area contributed by atoms with Gasteiger partial charge in [-0.1, -0.05) is 19.8 Å². The van der Waals surface area contributed by atoms with Gasteiger partial charge in [-0.3, -0.25) is 9.59 Å². The van der Waals surface area contributed by atoms with Crippen LogP contribution in [0.1, 0.15) is 39.0 Å². The summed E-state index contributed by atoms with van der Waals surface area (Å²) < 4.78 is 0. The Morgan fingerprint density at radius 1 is 1.33 bits per heavy atom. The van der Waals surface area contributed by atoms with Crippen LogP contribution in [0.4, 0.5) is 0 Å². The lowest BCUT2D eigenvalue weighted by molar-refractivity contribution is -0.139. The van der Waals surface area contributed by atoms with E-state index in [4.69, 9.17) is 16.6 Å². The minimum absolute atomic E-state index is 0.175. The molecule has 15 heavy (non-hydrogen) atoms. The average Bonchev–Trinajstić information content (AvgIpc) is 2.14. The Morgan fingerprint density at radius 2 is 1.93 bits per heavy atom. The van der Waals surface area contributed by atoms with Gasteiger partial charge in [0, 0.05) is 6.42 Å². The van der Waals surface area contributed by atoms with Gasteiger partial charge in [-0.15, -0.1) is 0 Å². The van der Waals surface area contributed by atoms with Crippen molar-refractivity contribution in [2.45, 2.75) is 45.1 Å². The molecule has 5 nitrogen and oxygen atoms in total. The monoisotopic (exact) mass is 216 g/mol. The van der Waals surface area contributed by atoms with Crippen molar-refractivity contribution in [3.63, 3.8) is 0 Å². The molecule has 5 N–H and O–H groups in total. The standard InChI is InChI=1S/C10H20N2O3/c1-2-3-7(4-5-9(12)13)6-8(11)10(14)15/h7-8H,2-6,11H2,1H3,(H2,12,13)(H,14,15). The van der Waals surface area contributed by atoms with E-state index in [0.717, 1.165) is 12.8 Å². The van der Waals surface area contributed by atoms with E-state index < -0.39 is 12.0 Å². The molecule has 0 fully saturated rings. The molecule has 2 unspecified atom stereocenters. The fourth-order valence-corrected chi connectivity index (χ4v) is 1.59. The van der Waals surface area contributed by atoms with E-state index in [2.05, 4.69) is 0 Å². The largest absolute Gasteiger partial charge is 0.480 e. The number of aliphatic carboxylic acids is 1. The van der Waals surface area contributed by atoms with Crippen molar-refractivity contribution < 1.29 is 14.7 Å². The van der Waals surface area contributed by atoms with Gasteiger partial charge >= 0.3 is 5.97 Å². The lowest BCUT2D eigenvalue weighted by Crippen LogP contribution is -2.32. The molecule has 0 aromatic carbocycles. The van der Waals surface area contributed by atoms with Crippen molar-refractivity contribution in [3.8, 4) is 0 Å². The van der Waals surface area contributed by atoms with Crippen LogP contribution < -0.4 is 11.5 Å². The molecule has 0 bridgehead atoms. The van der Waals surface area contributed by atoms with Crippen molar-refractivity contribution in [2.24, 2.45) is 17.4 Å². The van der Waals surface area contributed by atoms with Crippen LogP contribution in [0.15, 0.2) is 0 Å². The van der Waals surface area contributed by atoms with Gasteiger partial charge in [0.2, 0.25) is 5.91 Å². The highest BCUT2D eigenvalue weighted by atomic mass is 16.4. The van der Waals surface area contributed by atoms with Crippen LogP contribution in [0.5, 0.6) is 0 Å². The maximum atomic E-state index is 10.6. The SMILES string of the molecule is CCCC(CCC(N)=O)CC(N)C(=O)O. The maximum Gasteiger partial charge on any atom is 0.320 e. The minimum Gasteiger partial charge on any atom is -0.480 e. The third kappa shape index (κ3) is 6.90. The van der Waals surface area contributed by atoms with Gasteiger partial charge in [-0.25, -0.2) is 0 Å². The normalized spacial score (nSPS) is 14.5. The molecule has 1 amide bonds. The predicted octanol–water partition coefficient (Wildman–Crippen LogP) is 0.470. The summed E-state index contributed by atoms with van der Waals surface area (Å²) >= 11 is 0. The van der Waals surface area contributed by atoms with Gasteiger partial charge in [0.1, 0.15) is 6.04 Å². The number of hydrogen-bond donors (Lipinski definition) is 3. The van der Waals surface area contributed by atoms with E-state index in [-0.39, 0.29) is 11.8 Å². The summed E-state index contributed by atoms with van der Waals surface area (Å²) in [4.78, 5) is 21.2. The highest BCUT2D eigenvalue weighted by Gasteiger charge is 2.18. The summed E-state index contributed by atoms with van der Waals surface area (Å²) in [7, 11) is 0. The lowest BCUT2D eigenvalue weighted by Gasteiger charge is -2.17. The van der Waals surface area contributed by atoms with E-state index in [1.165, 1.54) is 0 Å². The number of carbonyl (C=O) groups excluding carboxylic acids is 1. The molecule has 0 aliphatic heterocycles. The number of carboxylic acids is 1. The Hall–Kier alpha value is -1.10. The van der Waals surface area contributed by atoms with Gasteiger partial charge in [0.25, 0.3) is 0 Å². The highest BCUT2D eigenvalue weighted by molar-refractivity contribution is 5.74. The van der Waals surface area contributed by atoms with Crippen molar-refractivity contribution in [1.29, 1.82) is 0 Å². The molecule has 0 saturated carbocycles. The first kappa shape index (κ1) is 13.9. The van der Waals surface area contributed by atoms with Crippen molar-refractivity contribution in [2.75, 3.05) is 0 Å². The zero-order valence-corrected chi connectivity index (χ0v) is 9.11. The van der Waals surface area contributed by atoms with E-state index >= 15 is 0 Å². The summed E-state index contributed by atoms with van der Waals surface area (Å²) in [6.45, 7) is 2.02. The van der Waals surface area contributed by atoms with Crippen LogP contribution in [-0.4, -0.2) is 23.0 Å². The molecular weight excluding hydrogens is 196 g/mol. The van der Waals surface area contributed by atoms with Gasteiger partial charge in [0.15, 0.2) is 0 Å². The lowest BCUT2D eigenvalue weighted by atomic mass is 9.91.